The lowest BCUT2D eigenvalue weighted by Crippen LogP contribution is -2.49. The Hall–Kier alpha value is -0.120. The molecule has 0 atom stereocenters. The standard InChI is InChI=1S/C15H31N3.2C2H6/c1-4-16-9-11-17(12-10-16)13-15-5-7-18(8-6-15)14(2)3;2*1-2/h14-15H,4-13H2,1-3H3;2*1-2H3. The monoisotopic (exact) mass is 313 g/mol. The zero-order valence-corrected chi connectivity index (χ0v) is 16.6. The number of nitrogens with zero attached hydrogens (tertiary/aromatic N) is 3. The Balaban J connectivity index is 0.00000102. The van der Waals surface area contributed by atoms with Gasteiger partial charge in [0.1, 0.15) is 0 Å². The van der Waals surface area contributed by atoms with Crippen molar-refractivity contribution in [1.82, 2.24) is 14.7 Å². The Morgan fingerprint density at radius 3 is 1.64 bits per heavy atom. The lowest BCUT2D eigenvalue weighted by Gasteiger charge is -2.39. The molecule has 0 unspecified atom stereocenters. The molecule has 3 heteroatoms. The average Bonchev–Trinajstić information content (AvgIpc) is 2.59. The molecular weight excluding hydrogens is 270 g/mol. The molecule has 22 heavy (non-hydrogen) atoms. The summed E-state index contributed by atoms with van der Waals surface area (Å²) in [5.41, 5.74) is 0. The minimum absolute atomic E-state index is 0.735. The average molecular weight is 314 g/mol. The molecule has 0 aromatic heterocycles. The van der Waals surface area contributed by atoms with E-state index in [1.54, 1.807) is 0 Å². The number of hydrogen-bond acceptors (Lipinski definition) is 3. The van der Waals surface area contributed by atoms with Crippen molar-refractivity contribution in [2.45, 2.75) is 67.3 Å². The Bertz CT molecular complexity index is 227. The van der Waals surface area contributed by atoms with Crippen LogP contribution in [0.5, 0.6) is 0 Å². The molecule has 0 radical (unpaired) electrons. The molecule has 2 saturated heterocycles. The van der Waals surface area contributed by atoms with Crippen molar-refractivity contribution >= 4 is 0 Å². The number of piperazine rings is 1. The topological polar surface area (TPSA) is 9.72 Å². The van der Waals surface area contributed by atoms with Crippen LogP contribution < -0.4 is 0 Å². The van der Waals surface area contributed by atoms with Crippen molar-refractivity contribution in [1.29, 1.82) is 0 Å². The molecule has 2 aliphatic rings. The van der Waals surface area contributed by atoms with E-state index in [-0.39, 0.29) is 0 Å². The molecular formula is C19H43N3. The molecule has 0 saturated carbocycles. The maximum Gasteiger partial charge on any atom is 0.0110 e. The van der Waals surface area contributed by atoms with Crippen LogP contribution in [0.3, 0.4) is 0 Å². The van der Waals surface area contributed by atoms with Gasteiger partial charge >= 0.3 is 0 Å². The van der Waals surface area contributed by atoms with E-state index in [2.05, 4.69) is 35.5 Å². The third kappa shape index (κ3) is 7.94. The lowest BCUT2D eigenvalue weighted by atomic mass is 9.95. The van der Waals surface area contributed by atoms with E-state index < -0.39 is 0 Å². The molecule has 0 bridgehead atoms. The molecule has 2 aliphatic heterocycles. The molecule has 2 heterocycles. The minimum atomic E-state index is 0.735. The van der Waals surface area contributed by atoms with Crippen molar-refractivity contribution in [2.24, 2.45) is 5.92 Å². The molecule has 0 amide bonds. The Kier molecular flexibility index (Phi) is 13.3. The predicted octanol–water partition coefficient (Wildman–Crippen LogP) is 3.80. The fourth-order valence-electron chi connectivity index (χ4n) is 3.31. The van der Waals surface area contributed by atoms with Gasteiger partial charge in [-0.3, -0.25) is 0 Å². The third-order valence-electron chi connectivity index (χ3n) is 4.81. The largest absolute Gasteiger partial charge is 0.301 e. The Morgan fingerprint density at radius 2 is 1.23 bits per heavy atom. The molecule has 0 aromatic rings. The van der Waals surface area contributed by atoms with E-state index in [1.807, 2.05) is 27.7 Å². The van der Waals surface area contributed by atoms with Crippen molar-refractivity contribution < 1.29 is 0 Å². The van der Waals surface area contributed by atoms with Gasteiger partial charge in [0.2, 0.25) is 0 Å². The first kappa shape index (κ1) is 21.9. The number of piperidine rings is 1. The van der Waals surface area contributed by atoms with Crippen molar-refractivity contribution in [3.05, 3.63) is 0 Å². The van der Waals surface area contributed by atoms with Gasteiger partial charge < -0.3 is 14.7 Å². The molecule has 0 N–H and O–H groups in total. The van der Waals surface area contributed by atoms with Gasteiger partial charge in [-0.2, -0.15) is 0 Å². The van der Waals surface area contributed by atoms with E-state index >= 15 is 0 Å². The molecule has 3 nitrogen and oxygen atoms in total. The normalized spacial score (nSPS) is 21.8. The fraction of sp³-hybridized carbons (Fsp3) is 1.00. The third-order valence-corrected chi connectivity index (χ3v) is 4.81. The van der Waals surface area contributed by atoms with Gasteiger partial charge in [0.15, 0.2) is 0 Å². The Morgan fingerprint density at radius 1 is 0.773 bits per heavy atom. The summed E-state index contributed by atoms with van der Waals surface area (Å²) in [5, 5.41) is 0. The van der Waals surface area contributed by atoms with Crippen LogP contribution in [0.4, 0.5) is 0 Å². The first-order valence-electron chi connectivity index (χ1n) is 9.87. The quantitative estimate of drug-likeness (QED) is 0.782. The summed E-state index contributed by atoms with van der Waals surface area (Å²) in [6, 6.07) is 0.735. The Labute approximate surface area is 141 Å². The van der Waals surface area contributed by atoms with Crippen LogP contribution in [0.1, 0.15) is 61.3 Å². The van der Waals surface area contributed by atoms with Crippen molar-refractivity contribution in [3.8, 4) is 0 Å². The highest BCUT2D eigenvalue weighted by atomic mass is 15.3. The van der Waals surface area contributed by atoms with Crippen LogP contribution in [0.15, 0.2) is 0 Å². The molecule has 0 spiro atoms. The van der Waals surface area contributed by atoms with Crippen LogP contribution in [0.25, 0.3) is 0 Å². The number of likely N-dealkylation sites (tertiary alicyclic amines) is 1. The predicted molar refractivity (Wildman–Crippen MR) is 101 cm³/mol. The second-order valence-electron chi connectivity index (χ2n) is 6.31. The fourth-order valence-corrected chi connectivity index (χ4v) is 3.31. The van der Waals surface area contributed by atoms with Crippen LogP contribution >= 0.6 is 0 Å². The van der Waals surface area contributed by atoms with E-state index in [0.717, 1.165) is 12.0 Å². The van der Waals surface area contributed by atoms with Gasteiger partial charge in [-0.25, -0.2) is 0 Å². The molecule has 0 aromatic carbocycles. The summed E-state index contributed by atoms with van der Waals surface area (Å²) in [5.74, 6) is 0.952. The summed E-state index contributed by atoms with van der Waals surface area (Å²) >= 11 is 0. The summed E-state index contributed by atoms with van der Waals surface area (Å²) in [4.78, 5) is 7.89. The van der Waals surface area contributed by atoms with Crippen molar-refractivity contribution in [2.75, 3.05) is 52.4 Å². The highest BCUT2D eigenvalue weighted by Gasteiger charge is 2.24. The van der Waals surface area contributed by atoms with Crippen LogP contribution in [-0.2, 0) is 0 Å². The molecule has 134 valence electrons. The highest BCUT2D eigenvalue weighted by molar-refractivity contribution is 4.79. The molecule has 2 rings (SSSR count). The first-order valence-corrected chi connectivity index (χ1v) is 9.87. The maximum absolute atomic E-state index is 2.70. The highest BCUT2D eigenvalue weighted by Crippen LogP contribution is 2.20. The smallest absolute Gasteiger partial charge is 0.0110 e. The number of rotatable bonds is 4. The van der Waals surface area contributed by atoms with Crippen molar-refractivity contribution in [3.63, 3.8) is 0 Å². The van der Waals surface area contributed by atoms with E-state index in [0.29, 0.717) is 0 Å². The SMILES string of the molecule is CC.CC.CCN1CCN(CC2CCN(C(C)C)CC2)CC1. The zero-order chi connectivity index (χ0) is 17.0. The van der Waals surface area contributed by atoms with Gasteiger partial charge in [0.05, 0.1) is 0 Å². The summed E-state index contributed by atoms with van der Waals surface area (Å²) in [7, 11) is 0. The van der Waals surface area contributed by atoms with E-state index in [1.165, 1.54) is 65.2 Å². The lowest BCUT2D eigenvalue weighted by molar-refractivity contribution is 0.0894. The van der Waals surface area contributed by atoms with Gasteiger partial charge in [-0.15, -0.1) is 0 Å². The van der Waals surface area contributed by atoms with E-state index in [9.17, 15) is 0 Å². The first-order chi connectivity index (χ1) is 10.7. The maximum atomic E-state index is 2.70. The number of likely N-dealkylation sites (N-methyl/N-ethyl adjacent to an activating group) is 1. The summed E-state index contributed by atoms with van der Waals surface area (Å²) in [6.45, 7) is 25.3. The number of hydrogen-bond donors (Lipinski definition) is 0. The van der Waals surface area contributed by atoms with Gasteiger partial charge in [0, 0.05) is 38.8 Å². The second-order valence-corrected chi connectivity index (χ2v) is 6.31. The van der Waals surface area contributed by atoms with Crippen LogP contribution in [0, 0.1) is 5.92 Å². The summed E-state index contributed by atoms with van der Waals surface area (Å²) < 4.78 is 0. The second kappa shape index (κ2) is 13.3. The summed E-state index contributed by atoms with van der Waals surface area (Å²) in [6.07, 6.45) is 2.82. The molecule has 0 aliphatic carbocycles. The van der Waals surface area contributed by atoms with Crippen LogP contribution in [-0.4, -0.2) is 73.1 Å². The zero-order valence-electron chi connectivity index (χ0n) is 16.6. The van der Waals surface area contributed by atoms with Crippen LogP contribution in [0.2, 0.25) is 0 Å². The molecule has 2 fully saturated rings. The van der Waals surface area contributed by atoms with Gasteiger partial charge in [-0.1, -0.05) is 34.6 Å². The van der Waals surface area contributed by atoms with E-state index in [4.69, 9.17) is 0 Å². The van der Waals surface area contributed by atoms with Gasteiger partial charge in [-0.05, 0) is 52.2 Å². The minimum Gasteiger partial charge on any atom is -0.301 e. The van der Waals surface area contributed by atoms with Gasteiger partial charge in [0.25, 0.3) is 0 Å².